The molecule has 1 aliphatic rings. The van der Waals surface area contributed by atoms with Crippen LogP contribution in [0, 0.1) is 5.92 Å². The lowest BCUT2D eigenvalue weighted by atomic mass is 9.98. The van der Waals surface area contributed by atoms with E-state index in [1.165, 1.54) is 18.4 Å². The van der Waals surface area contributed by atoms with E-state index >= 15 is 0 Å². The van der Waals surface area contributed by atoms with Crippen molar-refractivity contribution >= 4 is 0 Å². The van der Waals surface area contributed by atoms with Crippen LogP contribution in [-0.2, 0) is 4.74 Å². The lowest BCUT2D eigenvalue weighted by Crippen LogP contribution is -2.16. The fraction of sp³-hybridized carbons (Fsp3) is 0.800. The smallest absolute Gasteiger partial charge is 0.0528 e. The third-order valence-electron chi connectivity index (χ3n) is 2.38. The average Bonchev–Trinajstić information content (AvgIpc) is 2.16. The molecular weight excluding hydrogens is 150 g/mol. The molecule has 0 amide bonds. The number of nitrogens with two attached hydrogens (primary N) is 1. The zero-order valence-corrected chi connectivity index (χ0v) is 7.88. The molecule has 0 saturated carbocycles. The monoisotopic (exact) mass is 169 g/mol. The molecule has 1 rings (SSSR count). The molecule has 1 saturated heterocycles. The second-order valence-corrected chi connectivity index (χ2v) is 3.36. The molecule has 1 unspecified atom stereocenters. The summed E-state index contributed by atoms with van der Waals surface area (Å²) in [5, 5.41) is 0. The van der Waals surface area contributed by atoms with Gasteiger partial charge in [-0.15, -0.1) is 0 Å². The highest BCUT2D eigenvalue weighted by Gasteiger charge is 2.11. The molecule has 1 heterocycles. The van der Waals surface area contributed by atoms with Crippen molar-refractivity contribution < 1.29 is 4.74 Å². The van der Waals surface area contributed by atoms with E-state index < -0.39 is 0 Å². The highest BCUT2D eigenvalue weighted by Crippen LogP contribution is 2.17. The Morgan fingerprint density at radius 3 is 3.00 bits per heavy atom. The summed E-state index contributed by atoms with van der Waals surface area (Å²) in [5.74, 6) is 0.622. The summed E-state index contributed by atoms with van der Waals surface area (Å²) in [6, 6.07) is 0. The van der Waals surface area contributed by atoms with Gasteiger partial charge in [0.2, 0.25) is 0 Å². The van der Waals surface area contributed by atoms with E-state index in [0.29, 0.717) is 12.5 Å². The van der Waals surface area contributed by atoms with Crippen LogP contribution >= 0.6 is 0 Å². The summed E-state index contributed by atoms with van der Waals surface area (Å²) >= 11 is 0. The van der Waals surface area contributed by atoms with Gasteiger partial charge in [0.1, 0.15) is 0 Å². The molecule has 2 heteroatoms. The van der Waals surface area contributed by atoms with Gasteiger partial charge in [-0.05, 0) is 19.3 Å². The van der Waals surface area contributed by atoms with Gasteiger partial charge in [-0.1, -0.05) is 18.6 Å². The average molecular weight is 169 g/mol. The van der Waals surface area contributed by atoms with Crippen molar-refractivity contribution in [3.63, 3.8) is 0 Å². The SMILES string of the molecule is CCC(=CC1CCCOC1)CN. The van der Waals surface area contributed by atoms with E-state index in [2.05, 4.69) is 13.0 Å². The topological polar surface area (TPSA) is 35.2 Å². The fourth-order valence-corrected chi connectivity index (χ4v) is 1.56. The Kier molecular flexibility index (Phi) is 4.33. The summed E-state index contributed by atoms with van der Waals surface area (Å²) in [4.78, 5) is 0. The van der Waals surface area contributed by atoms with Crippen LogP contribution in [0.3, 0.4) is 0 Å². The zero-order chi connectivity index (χ0) is 8.81. The molecule has 0 bridgehead atoms. The summed E-state index contributed by atoms with van der Waals surface area (Å²) in [6.45, 7) is 4.69. The quantitative estimate of drug-likeness (QED) is 0.653. The lowest BCUT2D eigenvalue weighted by Gasteiger charge is -2.19. The van der Waals surface area contributed by atoms with E-state index in [1.54, 1.807) is 0 Å². The van der Waals surface area contributed by atoms with Crippen LogP contribution in [0.1, 0.15) is 26.2 Å². The van der Waals surface area contributed by atoms with Crippen molar-refractivity contribution in [1.82, 2.24) is 0 Å². The van der Waals surface area contributed by atoms with Crippen molar-refractivity contribution in [2.24, 2.45) is 11.7 Å². The first kappa shape index (κ1) is 9.75. The Bertz CT molecular complexity index is 142. The maximum absolute atomic E-state index is 5.59. The first-order chi connectivity index (χ1) is 5.86. The predicted molar refractivity (Wildman–Crippen MR) is 51.0 cm³/mol. The minimum atomic E-state index is 0.622. The van der Waals surface area contributed by atoms with Crippen LogP contribution in [0.25, 0.3) is 0 Å². The highest BCUT2D eigenvalue weighted by molar-refractivity contribution is 5.05. The molecule has 2 N–H and O–H groups in total. The maximum atomic E-state index is 5.59. The Morgan fingerprint density at radius 1 is 1.67 bits per heavy atom. The molecule has 0 aliphatic carbocycles. The molecule has 0 spiro atoms. The molecule has 70 valence electrons. The molecule has 0 aromatic carbocycles. The Balaban J connectivity index is 2.39. The van der Waals surface area contributed by atoms with Gasteiger partial charge in [-0.25, -0.2) is 0 Å². The van der Waals surface area contributed by atoms with Gasteiger partial charge < -0.3 is 10.5 Å². The molecular formula is C10H19NO. The van der Waals surface area contributed by atoms with E-state index in [9.17, 15) is 0 Å². The molecule has 1 fully saturated rings. The van der Waals surface area contributed by atoms with E-state index in [-0.39, 0.29) is 0 Å². The standard InChI is InChI=1S/C10H19NO/c1-2-9(7-11)6-10-4-3-5-12-8-10/h6,10H,2-5,7-8,11H2,1H3. The predicted octanol–water partition coefficient (Wildman–Crippen LogP) is 1.71. The van der Waals surface area contributed by atoms with Gasteiger partial charge in [0.15, 0.2) is 0 Å². The van der Waals surface area contributed by atoms with E-state index in [0.717, 1.165) is 19.6 Å². The van der Waals surface area contributed by atoms with Gasteiger partial charge in [0.05, 0.1) is 6.61 Å². The fourth-order valence-electron chi connectivity index (χ4n) is 1.56. The number of ether oxygens (including phenoxy) is 1. The van der Waals surface area contributed by atoms with Gasteiger partial charge in [0.25, 0.3) is 0 Å². The zero-order valence-electron chi connectivity index (χ0n) is 7.88. The summed E-state index contributed by atoms with van der Waals surface area (Å²) in [6.07, 6.45) is 5.85. The molecule has 1 atom stereocenters. The second kappa shape index (κ2) is 5.33. The van der Waals surface area contributed by atoms with Gasteiger partial charge >= 0.3 is 0 Å². The van der Waals surface area contributed by atoms with Crippen molar-refractivity contribution in [2.45, 2.75) is 26.2 Å². The van der Waals surface area contributed by atoms with Crippen molar-refractivity contribution in [2.75, 3.05) is 19.8 Å². The van der Waals surface area contributed by atoms with Crippen molar-refractivity contribution in [3.05, 3.63) is 11.6 Å². The number of hydrogen-bond acceptors (Lipinski definition) is 2. The third-order valence-corrected chi connectivity index (χ3v) is 2.38. The van der Waals surface area contributed by atoms with Crippen LogP contribution < -0.4 is 5.73 Å². The van der Waals surface area contributed by atoms with E-state index in [4.69, 9.17) is 10.5 Å². The highest BCUT2D eigenvalue weighted by atomic mass is 16.5. The van der Waals surface area contributed by atoms with Crippen LogP contribution in [0.5, 0.6) is 0 Å². The normalized spacial score (nSPS) is 25.8. The molecule has 1 aliphatic heterocycles. The van der Waals surface area contributed by atoms with Gasteiger partial charge in [-0.3, -0.25) is 0 Å². The summed E-state index contributed by atoms with van der Waals surface area (Å²) in [7, 11) is 0. The third kappa shape index (κ3) is 2.95. The van der Waals surface area contributed by atoms with E-state index in [1.807, 2.05) is 0 Å². The van der Waals surface area contributed by atoms with Crippen molar-refractivity contribution in [3.8, 4) is 0 Å². The largest absolute Gasteiger partial charge is 0.381 e. The molecule has 12 heavy (non-hydrogen) atoms. The summed E-state index contributed by atoms with van der Waals surface area (Å²) in [5.41, 5.74) is 6.96. The number of rotatable bonds is 3. The lowest BCUT2D eigenvalue weighted by molar-refractivity contribution is 0.0707. The minimum Gasteiger partial charge on any atom is -0.381 e. The van der Waals surface area contributed by atoms with Crippen molar-refractivity contribution in [1.29, 1.82) is 0 Å². The minimum absolute atomic E-state index is 0.622. The van der Waals surface area contributed by atoms with Crippen LogP contribution in [0.4, 0.5) is 0 Å². The Morgan fingerprint density at radius 2 is 2.50 bits per heavy atom. The van der Waals surface area contributed by atoms with Crippen LogP contribution in [0.2, 0.25) is 0 Å². The molecule has 0 aromatic heterocycles. The first-order valence-electron chi connectivity index (χ1n) is 4.84. The van der Waals surface area contributed by atoms with Crippen LogP contribution in [-0.4, -0.2) is 19.8 Å². The Labute approximate surface area is 74.8 Å². The second-order valence-electron chi connectivity index (χ2n) is 3.36. The first-order valence-corrected chi connectivity index (χ1v) is 4.84. The van der Waals surface area contributed by atoms with Gasteiger partial charge in [-0.2, -0.15) is 0 Å². The number of hydrogen-bond donors (Lipinski definition) is 1. The maximum Gasteiger partial charge on any atom is 0.0528 e. The van der Waals surface area contributed by atoms with Gasteiger partial charge in [0, 0.05) is 19.1 Å². The molecule has 0 radical (unpaired) electrons. The van der Waals surface area contributed by atoms with Crippen LogP contribution in [0.15, 0.2) is 11.6 Å². The molecule has 0 aromatic rings. The Hall–Kier alpha value is -0.340. The molecule has 2 nitrogen and oxygen atoms in total. The summed E-state index contributed by atoms with van der Waals surface area (Å²) < 4.78 is 5.39.